The average Bonchev–Trinajstić information content (AvgIpc) is 2.52. The minimum atomic E-state index is -0.359. The summed E-state index contributed by atoms with van der Waals surface area (Å²) in [6, 6.07) is 1.35. The van der Waals surface area contributed by atoms with Gasteiger partial charge in [-0.3, -0.25) is 0 Å². The van der Waals surface area contributed by atoms with E-state index in [2.05, 4.69) is 51.8 Å². The monoisotopic (exact) mass is 372 g/mol. The predicted molar refractivity (Wildman–Crippen MR) is 116 cm³/mol. The molecule has 0 aromatic rings. The van der Waals surface area contributed by atoms with Crippen LogP contribution in [-0.2, 0) is 4.43 Å². The third-order valence-corrected chi connectivity index (χ3v) is 7.25. The standard InChI is InChI=1S/C21H48N2OSi/c1-7-8-9-10-11-12-19-24-25-20-21(2,15-13-17-22(3)4)16-14-18-23(5)6/h7-20,25H2,1-6H3. The number of rotatable bonds is 18. The predicted octanol–water partition coefficient (Wildman–Crippen LogP) is 4.56. The zero-order valence-electron chi connectivity index (χ0n) is 18.4. The molecule has 0 fully saturated rings. The SMILES string of the molecule is CCCCCCCCO[SiH2]CC(C)(CCCN(C)C)CCCN(C)C. The van der Waals surface area contributed by atoms with E-state index in [0.29, 0.717) is 5.41 Å². The second-order valence-electron chi connectivity index (χ2n) is 8.75. The molecule has 0 atom stereocenters. The molecule has 4 heteroatoms. The molecule has 0 aromatic heterocycles. The Balaban J connectivity index is 3.95. The van der Waals surface area contributed by atoms with Gasteiger partial charge in [-0.05, 0) is 84.8 Å². The second-order valence-corrected chi connectivity index (χ2v) is 10.1. The van der Waals surface area contributed by atoms with Crippen LogP contribution in [0, 0.1) is 5.41 Å². The lowest BCUT2D eigenvalue weighted by atomic mass is 9.82. The van der Waals surface area contributed by atoms with Gasteiger partial charge in [0, 0.05) is 6.61 Å². The first-order valence-electron chi connectivity index (χ1n) is 10.8. The van der Waals surface area contributed by atoms with Crippen molar-refractivity contribution in [1.29, 1.82) is 0 Å². The zero-order valence-corrected chi connectivity index (χ0v) is 19.8. The van der Waals surface area contributed by atoms with E-state index in [4.69, 9.17) is 4.43 Å². The van der Waals surface area contributed by atoms with Crippen LogP contribution in [0.1, 0.15) is 78.1 Å². The van der Waals surface area contributed by atoms with E-state index in [1.165, 1.54) is 83.3 Å². The first-order valence-corrected chi connectivity index (χ1v) is 12.3. The van der Waals surface area contributed by atoms with Crippen LogP contribution in [0.3, 0.4) is 0 Å². The Morgan fingerprint density at radius 2 is 1.28 bits per heavy atom. The van der Waals surface area contributed by atoms with Crippen molar-refractivity contribution in [2.75, 3.05) is 47.9 Å². The molecule has 3 nitrogen and oxygen atoms in total. The summed E-state index contributed by atoms with van der Waals surface area (Å²) >= 11 is 0. The molecule has 0 saturated carbocycles. The van der Waals surface area contributed by atoms with Gasteiger partial charge in [0.05, 0.1) is 0 Å². The summed E-state index contributed by atoms with van der Waals surface area (Å²) in [5.41, 5.74) is 0.499. The Hall–Kier alpha value is 0.0969. The summed E-state index contributed by atoms with van der Waals surface area (Å²) in [7, 11) is 8.37. The maximum atomic E-state index is 6.11. The zero-order chi connectivity index (χ0) is 19.0. The molecule has 0 rings (SSSR count). The van der Waals surface area contributed by atoms with Gasteiger partial charge in [0.2, 0.25) is 0 Å². The third-order valence-electron chi connectivity index (χ3n) is 5.26. The van der Waals surface area contributed by atoms with Gasteiger partial charge in [-0.25, -0.2) is 0 Å². The average molecular weight is 373 g/mol. The van der Waals surface area contributed by atoms with E-state index >= 15 is 0 Å². The van der Waals surface area contributed by atoms with Crippen molar-refractivity contribution in [2.45, 2.75) is 84.1 Å². The minimum absolute atomic E-state index is 0.359. The number of unbranched alkanes of at least 4 members (excludes halogenated alkanes) is 5. The maximum Gasteiger partial charge on any atom is 0.162 e. The summed E-state index contributed by atoms with van der Waals surface area (Å²) in [5, 5.41) is 0. The number of hydrogen-bond donors (Lipinski definition) is 0. The molecule has 0 N–H and O–H groups in total. The summed E-state index contributed by atoms with van der Waals surface area (Å²) in [4.78, 5) is 4.62. The second kappa shape index (κ2) is 16.3. The van der Waals surface area contributed by atoms with Gasteiger partial charge in [0.15, 0.2) is 9.76 Å². The summed E-state index contributed by atoms with van der Waals surface area (Å²) in [6.07, 6.45) is 13.5. The Labute approximate surface area is 161 Å². The van der Waals surface area contributed by atoms with E-state index in [0.717, 1.165) is 6.61 Å². The summed E-state index contributed by atoms with van der Waals surface area (Å²) < 4.78 is 6.11. The lowest BCUT2D eigenvalue weighted by Gasteiger charge is -2.31. The van der Waals surface area contributed by atoms with Crippen LogP contribution in [-0.4, -0.2) is 67.5 Å². The molecule has 0 heterocycles. The van der Waals surface area contributed by atoms with Crippen LogP contribution in [0.5, 0.6) is 0 Å². The molecule has 0 aliphatic heterocycles. The highest BCUT2D eigenvalue weighted by Gasteiger charge is 2.23. The summed E-state index contributed by atoms with van der Waals surface area (Å²) in [5.74, 6) is 0. The van der Waals surface area contributed by atoms with Crippen molar-refractivity contribution in [3.05, 3.63) is 0 Å². The van der Waals surface area contributed by atoms with Gasteiger partial charge in [0.25, 0.3) is 0 Å². The molecule has 0 spiro atoms. The Morgan fingerprint density at radius 3 is 1.80 bits per heavy atom. The van der Waals surface area contributed by atoms with E-state index in [9.17, 15) is 0 Å². The quantitative estimate of drug-likeness (QED) is 0.259. The number of nitrogens with zero attached hydrogens (tertiary/aromatic N) is 2. The van der Waals surface area contributed by atoms with E-state index < -0.39 is 0 Å². The van der Waals surface area contributed by atoms with Gasteiger partial charge in [-0.2, -0.15) is 0 Å². The molecule has 0 amide bonds. The van der Waals surface area contributed by atoms with Crippen molar-refractivity contribution in [1.82, 2.24) is 9.80 Å². The largest absolute Gasteiger partial charge is 0.424 e. The van der Waals surface area contributed by atoms with Crippen molar-refractivity contribution in [3.63, 3.8) is 0 Å². The van der Waals surface area contributed by atoms with Gasteiger partial charge in [-0.15, -0.1) is 0 Å². The minimum Gasteiger partial charge on any atom is -0.424 e. The lowest BCUT2D eigenvalue weighted by Crippen LogP contribution is -2.24. The molecule has 0 aromatic carbocycles. The molecule has 25 heavy (non-hydrogen) atoms. The van der Waals surface area contributed by atoms with Crippen LogP contribution in [0.15, 0.2) is 0 Å². The van der Waals surface area contributed by atoms with Crippen LogP contribution in [0.2, 0.25) is 6.04 Å². The molecule has 0 aliphatic rings. The first kappa shape index (κ1) is 25.1. The van der Waals surface area contributed by atoms with Crippen LogP contribution < -0.4 is 0 Å². The van der Waals surface area contributed by atoms with Crippen LogP contribution in [0.4, 0.5) is 0 Å². The van der Waals surface area contributed by atoms with Crippen molar-refractivity contribution >= 4 is 9.76 Å². The Kier molecular flexibility index (Phi) is 16.3. The lowest BCUT2D eigenvalue weighted by molar-refractivity contribution is 0.241. The Bertz CT molecular complexity index is 271. The van der Waals surface area contributed by atoms with Gasteiger partial charge in [-0.1, -0.05) is 46.0 Å². The normalized spacial score (nSPS) is 13.0. The third kappa shape index (κ3) is 17.3. The Morgan fingerprint density at radius 1 is 0.760 bits per heavy atom. The fraction of sp³-hybridized carbons (Fsp3) is 1.00. The van der Waals surface area contributed by atoms with E-state index in [1.807, 2.05) is 0 Å². The van der Waals surface area contributed by atoms with Gasteiger partial charge < -0.3 is 14.2 Å². The van der Waals surface area contributed by atoms with Gasteiger partial charge >= 0.3 is 0 Å². The molecule has 0 radical (unpaired) electrons. The highest BCUT2D eigenvalue weighted by Crippen LogP contribution is 2.33. The molecule has 0 aliphatic carbocycles. The highest BCUT2D eigenvalue weighted by molar-refractivity contribution is 6.27. The van der Waals surface area contributed by atoms with Crippen molar-refractivity contribution in [2.24, 2.45) is 5.41 Å². The molecule has 0 bridgehead atoms. The van der Waals surface area contributed by atoms with E-state index in [1.54, 1.807) is 0 Å². The fourth-order valence-corrected chi connectivity index (χ4v) is 4.97. The summed E-state index contributed by atoms with van der Waals surface area (Å²) in [6.45, 7) is 8.24. The number of hydrogen-bond acceptors (Lipinski definition) is 3. The van der Waals surface area contributed by atoms with Gasteiger partial charge in [0.1, 0.15) is 0 Å². The van der Waals surface area contributed by atoms with Crippen LogP contribution in [0.25, 0.3) is 0 Å². The van der Waals surface area contributed by atoms with Crippen molar-refractivity contribution in [3.8, 4) is 0 Å². The molecule has 152 valence electrons. The fourth-order valence-electron chi connectivity index (χ4n) is 3.42. The topological polar surface area (TPSA) is 15.7 Å². The molecule has 0 saturated heterocycles. The smallest absolute Gasteiger partial charge is 0.162 e. The molecular weight excluding hydrogens is 324 g/mol. The molecular formula is C21H48N2OSi. The first-order chi connectivity index (χ1) is 11.9. The highest BCUT2D eigenvalue weighted by atomic mass is 28.2. The van der Waals surface area contributed by atoms with Crippen LogP contribution >= 0.6 is 0 Å². The van der Waals surface area contributed by atoms with Crippen molar-refractivity contribution < 1.29 is 4.43 Å². The van der Waals surface area contributed by atoms with E-state index in [-0.39, 0.29) is 9.76 Å². The molecule has 0 unspecified atom stereocenters. The maximum absolute atomic E-state index is 6.11.